The smallest absolute Gasteiger partial charge is 0.248 e. The summed E-state index contributed by atoms with van der Waals surface area (Å²) in [5, 5.41) is 0. The van der Waals surface area contributed by atoms with E-state index in [0.717, 1.165) is 44.0 Å². The summed E-state index contributed by atoms with van der Waals surface area (Å²) in [6.45, 7) is 5.05. The summed E-state index contributed by atoms with van der Waals surface area (Å²) >= 11 is 0. The second-order valence-electron chi connectivity index (χ2n) is 7.68. The lowest BCUT2D eigenvalue weighted by molar-refractivity contribution is -0.173. The minimum absolute atomic E-state index is 0.0985. The van der Waals surface area contributed by atoms with Crippen molar-refractivity contribution < 1.29 is 9.53 Å². The van der Waals surface area contributed by atoms with Gasteiger partial charge < -0.3 is 14.5 Å². The summed E-state index contributed by atoms with van der Waals surface area (Å²) in [5.41, 5.74) is 0.956. The molecule has 5 heteroatoms. The normalized spacial score (nSPS) is 25.0. The van der Waals surface area contributed by atoms with Crippen molar-refractivity contribution in [2.45, 2.75) is 44.2 Å². The number of amides is 1. The summed E-state index contributed by atoms with van der Waals surface area (Å²) in [4.78, 5) is 21.0. The molecule has 3 heterocycles. The molecule has 1 amide bonds. The summed E-state index contributed by atoms with van der Waals surface area (Å²) in [6, 6.07) is 3.96. The molecule has 24 heavy (non-hydrogen) atoms. The van der Waals surface area contributed by atoms with Crippen molar-refractivity contribution in [2.24, 2.45) is 5.92 Å². The van der Waals surface area contributed by atoms with Gasteiger partial charge in [0.2, 0.25) is 5.91 Å². The summed E-state index contributed by atoms with van der Waals surface area (Å²) in [7, 11) is 0. The van der Waals surface area contributed by atoms with Gasteiger partial charge in [-0.3, -0.25) is 9.78 Å². The molecule has 0 N–H and O–H groups in total. The number of aromatic nitrogens is 1. The van der Waals surface area contributed by atoms with E-state index < -0.39 is 0 Å². The first-order valence-corrected chi connectivity index (χ1v) is 9.25. The van der Waals surface area contributed by atoms with Crippen LogP contribution in [0.5, 0.6) is 0 Å². The highest BCUT2D eigenvalue weighted by Crippen LogP contribution is 2.33. The molecule has 2 saturated heterocycles. The number of morpholine rings is 1. The lowest BCUT2D eigenvalue weighted by Gasteiger charge is -2.47. The molecule has 2 aliphatic heterocycles. The highest BCUT2D eigenvalue weighted by Gasteiger charge is 2.42. The fourth-order valence-corrected chi connectivity index (χ4v) is 4.13. The van der Waals surface area contributed by atoms with Crippen LogP contribution in [0.4, 0.5) is 0 Å². The molecule has 0 unspecified atom stereocenters. The number of piperidine rings is 1. The molecule has 3 fully saturated rings. The average molecular weight is 329 g/mol. The van der Waals surface area contributed by atoms with Crippen molar-refractivity contribution in [1.82, 2.24) is 14.8 Å². The SMILES string of the molecule is O=C1COC2(CCN(CC3CCC3)CC2)CN1Cc1cccnc1. The largest absolute Gasteiger partial charge is 0.363 e. The molecule has 3 aliphatic rings. The number of nitrogens with zero attached hydrogens (tertiary/aromatic N) is 3. The van der Waals surface area contributed by atoms with Crippen molar-refractivity contribution in [2.75, 3.05) is 32.8 Å². The first kappa shape index (κ1) is 16.0. The van der Waals surface area contributed by atoms with E-state index >= 15 is 0 Å². The molecule has 0 aromatic carbocycles. The predicted octanol–water partition coefficient (Wildman–Crippen LogP) is 2.08. The molecule has 130 valence electrons. The van der Waals surface area contributed by atoms with Crippen molar-refractivity contribution in [3.63, 3.8) is 0 Å². The predicted molar refractivity (Wildman–Crippen MR) is 91.4 cm³/mol. The summed E-state index contributed by atoms with van der Waals surface area (Å²) in [5.74, 6) is 1.02. The van der Waals surface area contributed by atoms with Gasteiger partial charge in [-0.2, -0.15) is 0 Å². The van der Waals surface area contributed by atoms with Crippen LogP contribution in [0.15, 0.2) is 24.5 Å². The molecule has 4 rings (SSSR count). The molecule has 0 atom stereocenters. The van der Waals surface area contributed by atoms with Crippen molar-refractivity contribution in [3.05, 3.63) is 30.1 Å². The van der Waals surface area contributed by atoms with Gasteiger partial charge >= 0.3 is 0 Å². The Labute approximate surface area is 144 Å². The van der Waals surface area contributed by atoms with Gasteiger partial charge in [0, 0.05) is 38.6 Å². The van der Waals surface area contributed by atoms with Gasteiger partial charge in [-0.05, 0) is 43.2 Å². The van der Waals surface area contributed by atoms with Crippen molar-refractivity contribution >= 4 is 5.91 Å². The quantitative estimate of drug-likeness (QED) is 0.848. The Morgan fingerprint density at radius 2 is 2.12 bits per heavy atom. The number of rotatable bonds is 4. The minimum atomic E-state index is -0.133. The zero-order valence-electron chi connectivity index (χ0n) is 14.3. The number of carbonyl (C=O) groups excluding carboxylic acids is 1. The monoisotopic (exact) mass is 329 g/mol. The van der Waals surface area contributed by atoms with Crippen LogP contribution < -0.4 is 0 Å². The van der Waals surface area contributed by atoms with Crippen molar-refractivity contribution in [1.29, 1.82) is 0 Å². The van der Waals surface area contributed by atoms with Gasteiger partial charge in [0.25, 0.3) is 0 Å². The van der Waals surface area contributed by atoms with Crippen LogP contribution >= 0.6 is 0 Å². The zero-order chi connectivity index (χ0) is 16.4. The number of ether oxygens (including phenoxy) is 1. The van der Waals surface area contributed by atoms with E-state index in [1.165, 1.54) is 25.8 Å². The van der Waals surface area contributed by atoms with E-state index in [-0.39, 0.29) is 18.1 Å². The molecule has 0 radical (unpaired) electrons. The van der Waals surface area contributed by atoms with E-state index in [1.54, 1.807) is 6.20 Å². The fraction of sp³-hybridized carbons (Fsp3) is 0.684. The van der Waals surface area contributed by atoms with E-state index in [0.29, 0.717) is 6.54 Å². The molecule has 1 aromatic rings. The van der Waals surface area contributed by atoms with Gasteiger partial charge in [0.15, 0.2) is 0 Å². The molecule has 0 bridgehead atoms. The summed E-state index contributed by atoms with van der Waals surface area (Å²) < 4.78 is 6.05. The first-order valence-electron chi connectivity index (χ1n) is 9.25. The Hall–Kier alpha value is -1.46. The third-order valence-corrected chi connectivity index (χ3v) is 5.94. The van der Waals surface area contributed by atoms with Crippen LogP contribution in [0.2, 0.25) is 0 Å². The number of carbonyl (C=O) groups is 1. The average Bonchev–Trinajstić information content (AvgIpc) is 2.57. The Kier molecular flexibility index (Phi) is 4.55. The van der Waals surface area contributed by atoms with Gasteiger partial charge in [-0.25, -0.2) is 0 Å². The first-order chi connectivity index (χ1) is 11.7. The van der Waals surface area contributed by atoms with Crippen LogP contribution in [-0.4, -0.2) is 59.1 Å². The number of hydrogen-bond donors (Lipinski definition) is 0. The number of likely N-dealkylation sites (tertiary alicyclic amines) is 1. The lowest BCUT2D eigenvalue weighted by Crippen LogP contribution is -2.58. The standard InChI is InChI=1S/C19H27N3O2/c23-18-14-24-19(15-22(18)13-17-5-2-8-20-11-17)6-9-21(10-7-19)12-16-3-1-4-16/h2,5,8,11,16H,1,3-4,6-7,9-10,12-15H2. The van der Waals surface area contributed by atoms with Crippen LogP contribution in [0.3, 0.4) is 0 Å². The molecule has 1 aromatic heterocycles. The van der Waals surface area contributed by atoms with E-state index in [4.69, 9.17) is 4.74 Å². The highest BCUT2D eigenvalue weighted by atomic mass is 16.5. The molecule has 1 saturated carbocycles. The fourth-order valence-electron chi connectivity index (χ4n) is 4.13. The van der Waals surface area contributed by atoms with Gasteiger partial charge in [-0.1, -0.05) is 12.5 Å². The van der Waals surface area contributed by atoms with Gasteiger partial charge in [0.1, 0.15) is 6.61 Å². The Balaban J connectivity index is 1.35. The van der Waals surface area contributed by atoms with Crippen LogP contribution in [0, 0.1) is 5.92 Å². The maximum Gasteiger partial charge on any atom is 0.248 e. The minimum Gasteiger partial charge on any atom is -0.363 e. The maximum absolute atomic E-state index is 12.3. The Bertz CT molecular complexity index is 565. The molecule has 1 spiro atoms. The van der Waals surface area contributed by atoms with E-state index in [9.17, 15) is 4.79 Å². The molecule has 1 aliphatic carbocycles. The van der Waals surface area contributed by atoms with Crippen LogP contribution in [0.1, 0.15) is 37.7 Å². The zero-order valence-corrected chi connectivity index (χ0v) is 14.3. The van der Waals surface area contributed by atoms with Gasteiger partial charge in [-0.15, -0.1) is 0 Å². The second-order valence-corrected chi connectivity index (χ2v) is 7.68. The van der Waals surface area contributed by atoms with Crippen LogP contribution in [-0.2, 0) is 16.1 Å². The second kappa shape index (κ2) is 6.81. The number of pyridine rings is 1. The third kappa shape index (κ3) is 3.47. The van der Waals surface area contributed by atoms with Gasteiger partial charge in [0.05, 0.1) is 12.1 Å². The molecular formula is C19H27N3O2. The van der Waals surface area contributed by atoms with E-state index in [1.807, 2.05) is 23.2 Å². The third-order valence-electron chi connectivity index (χ3n) is 5.94. The lowest BCUT2D eigenvalue weighted by atomic mass is 9.83. The topological polar surface area (TPSA) is 45.7 Å². The Morgan fingerprint density at radius 3 is 2.79 bits per heavy atom. The number of hydrogen-bond acceptors (Lipinski definition) is 4. The van der Waals surface area contributed by atoms with E-state index in [2.05, 4.69) is 9.88 Å². The van der Waals surface area contributed by atoms with Crippen LogP contribution in [0.25, 0.3) is 0 Å². The summed E-state index contributed by atoms with van der Waals surface area (Å²) in [6.07, 6.45) is 9.92. The molecule has 5 nitrogen and oxygen atoms in total. The molecular weight excluding hydrogens is 302 g/mol. The Morgan fingerprint density at radius 1 is 1.29 bits per heavy atom. The van der Waals surface area contributed by atoms with Crippen molar-refractivity contribution in [3.8, 4) is 0 Å². The maximum atomic E-state index is 12.3. The highest BCUT2D eigenvalue weighted by molar-refractivity contribution is 5.78.